The molecule has 1 aromatic rings. The van der Waals surface area contributed by atoms with Crippen molar-refractivity contribution < 1.29 is 14.7 Å². The second kappa shape index (κ2) is 7.00. The van der Waals surface area contributed by atoms with Gasteiger partial charge in [-0.3, -0.25) is 14.6 Å². The number of hydrogen-bond donors (Lipinski definition) is 2. The van der Waals surface area contributed by atoms with Gasteiger partial charge in [0.05, 0.1) is 24.0 Å². The fourth-order valence-electron chi connectivity index (χ4n) is 2.25. The highest BCUT2D eigenvalue weighted by molar-refractivity contribution is 5.90. The number of rotatable bonds is 6. The molecule has 2 rings (SSSR count). The Morgan fingerprint density at radius 2 is 2.05 bits per heavy atom. The molecule has 2 heterocycles. The molecule has 0 aromatic carbocycles. The molecule has 1 aliphatic heterocycles. The number of likely N-dealkylation sites (tertiary alicyclic amines) is 1. The van der Waals surface area contributed by atoms with Gasteiger partial charge in [0.1, 0.15) is 0 Å². The minimum Gasteiger partial charge on any atom is -0.481 e. The smallest absolute Gasteiger partial charge is 0.309 e. The van der Waals surface area contributed by atoms with E-state index in [1.165, 1.54) is 19.0 Å². The fourth-order valence-corrected chi connectivity index (χ4v) is 2.25. The third-order valence-electron chi connectivity index (χ3n) is 3.29. The first-order valence-corrected chi connectivity index (χ1v) is 6.82. The molecule has 0 atom stereocenters. The number of nitrogens with zero attached hydrogens (tertiary/aromatic N) is 2. The van der Waals surface area contributed by atoms with E-state index < -0.39 is 5.97 Å². The van der Waals surface area contributed by atoms with Crippen molar-refractivity contribution in [1.82, 2.24) is 9.88 Å². The maximum Gasteiger partial charge on any atom is 0.309 e. The standard InChI is InChI=1S/C14H19N3O3/c18-13(5-8-17-6-1-2-7-17)16-12-4-3-11(15-10-12)9-14(19)20/h3-4,10H,1-2,5-9H2,(H,16,18)(H,19,20). The average Bonchev–Trinajstić information content (AvgIpc) is 2.91. The zero-order valence-electron chi connectivity index (χ0n) is 11.3. The van der Waals surface area contributed by atoms with E-state index in [1.807, 2.05) is 0 Å². The molecular formula is C14H19N3O3. The zero-order valence-corrected chi connectivity index (χ0v) is 11.3. The van der Waals surface area contributed by atoms with Gasteiger partial charge >= 0.3 is 5.97 Å². The summed E-state index contributed by atoms with van der Waals surface area (Å²) in [7, 11) is 0. The first-order valence-electron chi connectivity index (χ1n) is 6.82. The van der Waals surface area contributed by atoms with Crippen LogP contribution in [0.15, 0.2) is 18.3 Å². The van der Waals surface area contributed by atoms with Crippen LogP contribution in [0, 0.1) is 0 Å². The first kappa shape index (κ1) is 14.5. The molecule has 20 heavy (non-hydrogen) atoms. The second-order valence-electron chi connectivity index (χ2n) is 4.96. The Morgan fingerprint density at radius 3 is 2.65 bits per heavy atom. The number of nitrogens with one attached hydrogen (secondary N) is 1. The van der Waals surface area contributed by atoms with Crippen molar-refractivity contribution in [2.75, 3.05) is 25.0 Å². The van der Waals surface area contributed by atoms with Crippen LogP contribution in [0.5, 0.6) is 0 Å². The summed E-state index contributed by atoms with van der Waals surface area (Å²) in [6, 6.07) is 3.29. The van der Waals surface area contributed by atoms with Gasteiger partial charge in [-0.25, -0.2) is 0 Å². The lowest BCUT2D eigenvalue weighted by molar-refractivity contribution is -0.136. The quantitative estimate of drug-likeness (QED) is 0.814. The van der Waals surface area contributed by atoms with Gasteiger partial charge in [0, 0.05) is 13.0 Å². The Balaban J connectivity index is 1.76. The van der Waals surface area contributed by atoms with Crippen molar-refractivity contribution in [1.29, 1.82) is 0 Å². The molecule has 1 amide bonds. The first-order chi connectivity index (χ1) is 9.63. The van der Waals surface area contributed by atoms with Gasteiger partial charge in [-0.05, 0) is 38.1 Å². The average molecular weight is 277 g/mol. The van der Waals surface area contributed by atoms with E-state index in [1.54, 1.807) is 12.1 Å². The highest BCUT2D eigenvalue weighted by Crippen LogP contribution is 2.10. The largest absolute Gasteiger partial charge is 0.481 e. The molecule has 0 aliphatic carbocycles. The van der Waals surface area contributed by atoms with Gasteiger partial charge in [-0.1, -0.05) is 0 Å². The van der Waals surface area contributed by atoms with Crippen LogP contribution in [0.3, 0.4) is 0 Å². The maximum absolute atomic E-state index is 11.8. The van der Waals surface area contributed by atoms with Crippen LogP contribution < -0.4 is 5.32 Å². The molecule has 1 fully saturated rings. The van der Waals surface area contributed by atoms with E-state index in [9.17, 15) is 9.59 Å². The van der Waals surface area contributed by atoms with Crippen molar-refractivity contribution in [2.24, 2.45) is 0 Å². The number of aliphatic carboxylic acids is 1. The Hall–Kier alpha value is -1.95. The summed E-state index contributed by atoms with van der Waals surface area (Å²) in [4.78, 5) is 28.6. The summed E-state index contributed by atoms with van der Waals surface area (Å²) in [5.41, 5.74) is 1.08. The van der Waals surface area contributed by atoms with Crippen LogP contribution >= 0.6 is 0 Å². The topological polar surface area (TPSA) is 82.5 Å². The number of anilines is 1. The van der Waals surface area contributed by atoms with Crippen LogP contribution in [0.2, 0.25) is 0 Å². The predicted molar refractivity (Wildman–Crippen MR) is 74.5 cm³/mol. The number of pyridine rings is 1. The van der Waals surface area contributed by atoms with Crippen molar-refractivity contribution in [3.8, 4) is 0 Å². The van der Waals surface area contributed by atoms with Crippen LogP contribution in [0.25, 0.3) is 0 Å². The summed E-state index contributed by atoms with van der Waals surface area (Å²) in [6.07, 6.45) is 4.29. The summed E-state index contributed by atoms with van der Waals surface area (Å²) < 4.78 is 0. The van der Waals surface area contributed by atoms with Gasteiger partial charge in [-0.15, -0.1) is 0 Å². The fraction of sp³-hybridized carbons (Fsp3) is 0.500. The molecule has 0 bridgehead atoms. The monoisotopic (exact) mass is 277 g/mol. The lowest BCUT2D eigenvalue weighted by Crippen LogP contribution is -2.25. The molecule has 6 nitrogen and oxygen atoms in total. The molecule has 6 heteroatoms. The van der Waals surface area contributed by atoms with Crippen molar-refractivity contribution in [3.05, 3.63) is 24.0 Å². The number of carboxylic acid groups (broad SMARTS) is 1. The summed E-state index contributed by atoms with van der Waals surface area (Å²) in [5, 5.41) is 11.4. The number of carboxylic acids is 1. The number of amides is 1. The normalized spacial score (nSPS) is 15.2. The molecule has 1 saturated heterocycles. The van der Waals surface area contributed by atoms with Gasteiger partial charge in [-0.2, -0.15) is 0 Å². The van der Waals surface area contributed by atoms with E-state index in [4.69, 9.17) is 5.11 Å². The molecule has 1 aromatic heterocycles. The Bertz CT molecular complexity index is 467. The SMILES string of the molecule is O=C(O)Cc1ccc(NC(=O)CCN2CCCC2)cn1. The van der Waals surface area contributed by atoms with Crippen LogP contribution in [0.4, 0.5) is 5.69 Å². The molecule has 0 spiro atoms. The Kier molecular flexibility index (Phi) is 5.06. The second-order valence-corrected chi connectivity index (χ2v) is 4.96. The van der Waals surface area contributed by atoms with Gasteiger partial charge in [0.15, 0.2) is 0 Å². The van der Waals surface area contributed by atoms with E-state index in [0.29, 0.717) is 17.8 Å². The Labute approximate surface area is 117 Å². The molecule has 108 valence electrons. The molecule has 1 aliphatic rings. The Morgan fingerprint density at radius 1 is 1.30 bits per heavy atom. The van der Waals surface area contributed by atoms with Gasteiger partial charge in [0.25, 0.3) is 0 Å². The summed E-state index contributed by atoms with van der Waals surface area (Å²) in [6.45, 7) is 2.95. The highest BCUT2D eigenvalue weighted by atomic mass is 16.4. The number of carbonyl (C=O) groups is 2. The van der Waals surface area contributed by atoms with Crippen LogP contribution in [-0.4, -0.2) is 46.5 Å². The maximum atomic E-state index is 11.8. The highest BCUT2D eigenvalue weighted by Gasteiger charge is 2.13. The lowest BCUT2D eigenvalue weighted by atomic mass is 10.2. The van der Waals surface area contributed by atoms with E-state index in [0.717, 1.165) is 19.6 Å². The number of hydrogen-bond acceptors (Lipinski definition) is 4. The predicted octanol–water partition coefficient (Wildman–Crippen LogP) is 1.13. The third kappa shape index (κ3) is 4.62. The van der Waals surface area contributed by atoms with E-state index >= 15 is 0 Å². The van der Waals surface area contributed by atoms with Crippen molar-refractivity contribution >= 4 is 17.6 Å². The van der Waals surface area contributed by atoms with Crippen LogP contribution in [-0.2, 0) is 16.0 Å². The zero-order chi connectivity index (χ0) is 14.4. The van der Waals surface area contributed by atoms with Crippen molar-refractivity contribution in [2.45, 2.75) is 25.7 Å². The van der Waals surface area contributed by atoms with Gasteiger partial charge < -0.3 is 15.3 Å². The molecule has 0 unspecified atom stereocenters. The molecule has 0 saturated carbocycles. The molecule has 2 N–H and O–H groups in total. The van der Waals surface area contributed by atoms with Gasteiger partial charge in [0.2, 0.25) is 5.91 Å². The third-order valence-corrected chi connectivity index (χ3v) is 3.29. The van der Waals surface area contributed by atoms with Crippen molar-refractivity contribution in [3.63, 3.8) is 0 Å². The summed E-state index contributed by atoms with van der Waals surface area (Å²) >= 11 is 0. The van der Waals surface area contributed by atoms with E-state index in [2.05, 4.69) is 15.2 Å². The minimum absolute atomic E-state index is 0.0373. The summed E-state index contributed by atoms with van der Waals surface area (Å²) in [5.74, 6) is -0.954. The number of aromatic nitrogens is 1. The van der Waals surface area contributed by atoms with Crippen LogP contribution in [0.1, 0.15) is 25.0 Å². The molecule has 0 radical (unpaired) electrons. The minimum atomic E-state index is -0.917. The number of carbonyl (C=O) groups excluding carboxylic acids is 1. The molecular weight excluding hydrogens is 258 g/mol. The van der Waals surface area contributed by atoms with E-state index in [-0.39, 0.29) is 12.3 Å². The lowest BCUT2D eigenvalue weighted by Gasteiger charge is -2.13.